The zero-order valence-corrected chi connectivity index (χ0v) is 12.9. The molecule has 1 aromatic rings. The Balaban J connectivity index is 2.85. The van der Waals surface area contributed by atoms with Crippen molar-refractivity contribution in [2.75, 3.05) is 18.4 Å². The van der Waals surface area contributed by atoms with E-state index in [4.69, 9.17) is 27.9 Å². The summed E-state index contributed by atoms with van der Waals surface area (Å²) in [6.45, 7) is 6.85. The Labute approximate surface area is 120 Å². The average Bonchev–Trinajstić information content (AvgIpc) is 2.35. The van der Waals surface area contributed by atoms with E-state index >= 15 is 0 Å². The summed E-state index contributed by atoms with van der Waals surface area (Å²) in [6, 6.07) is 8.41. The second-order valence-electron chi connectivity index (χ2n) is 5.09. The highest BCUT2D eigenvalue weighted by Gasteiger charge is 2.30. The Hall–Kier alpha value is -0.240. The van der Waals surface area contributed by atoms with Crippen molar-refractivity contribution in [3.05, 3.63) is 35.4 Å². The molecule has 0 spiro atoms. The van der Waals surface area contributed by atoms with Crippen LogP contribution in [0, 0.1) is 6.92 Å². The molecule has 0 N–H and O–H groups in total. The fraction of sp³-hybridized carbons (Fsp3) is 0.600. The molecule has 0 bridgehead atoms. The van der Waals surface area contributed by atoms with Crippen molar-refractivity contribution < 1.29 is 4.74 Å². The van der Waals surface area contributed by atoms with Gasteiger partial charge in [0.2, 0.25) is 0 Å². The first-order valence-electron chi connectivity index (χ1n) is 6.35. The Bertz CT molecular complexity index is 359. The molecule has 1 nitrogen and oxygen atoms in total. The lowest BCUT2D eigenvalue weighted by atomic mass is 9.81. The van der Waals surface area contributed by atoms with Crippen LogP contribution in [0.2, 0.25) is 0 Å². The van der Waals surface area contributed by atoms with E-state index in [-0.39, 0.29) is 11.5 Å². The van der Waals surface area contributed by atoms with Crippen molar-refractivity contribution in [2.24, 2.45) is 0 Å². The predicted molar refractivity (Wildman–Crippen MR) is 80.0 cm³/mol. The van der Waals surface area contributed by atoms with Gasteiger partial charge in [-0.1, -0.05) is 29.8 Å². The molecule has 0 aliphatic rings. The van der Waals surface area contributed by atoms with E-state index in [1.54, 1.807) is 0 Å². The van der Waals surface area contributed by atoms with Gasteiger partial charge in [0.05, 0.1) is 6.10 Å². The second-order valence-corrected chi connectivity index (χ2v) is 5.62. The van der Waals surface area contributed by atoms with Crippen LogP contribution in [0.15, 0.2) is 24.3 Å². The zero-order valence-electron chi connectivity index (χ0n) is 11.4. The van der Waals surface area contributed by atoms with Crippen molar-refractivity contribution in [1.29, 1.82) is 0 Å². The Morgan fingerprint density at radius 3 is 2.39 bits per heavy atom. The second kappa shape index (κ2) is 7.37. The zero-order chi connectivity index (χ0) is 13.6. The Morgan fingerprint density at radius 2 is 1.89 bits per heavy atom. The van der Waals surface area contributed by atoms with Gasteiger partial charge in [-0.15, -0.1) is 23.2 Å². The van der Waals surface area contributed by atoms with Crippen molar-refractivity contribution in [3.63, 3.8) is 0 Å². The number of halogens is 2. The third kappa shape index (κ3) is 4.15. The van der Waals surface area contributed by atoms with Gasteiger partial charge in [-0.25, -0.2) is 0 Å². The summed E-state index contributed by atoms with van der Waals surface area (Å²) in [7, 11) is 0. The summed E-state index contributed by atoms with van der Waals surface area (Å²) in [6.07, 6.45) is 1.09. The lowest BCUT2D eigenvalue weighted by Gasteiger charge is -2.30. The largest absolute Gasteiger partial charge is 0.379 e. The van der Waals surface area contributed by atoms with E-state index in [9.17, 15) is 0 Å². The van der Waals surface area contributed by atoms with Crippen LogP contribution in [0.25, 0.3) is 0 Å². The number of aryl methyl sites for hydroxylation is 1. The monoisotopic (exact) mass is 288 g/mol. The minimum absolute atomic E-state index is 0.190. The van der Waals surface area contributed by atoms with Crippen molar-refractivity contribution >= 4 is 23.2 Å². The molecule has 0 heterocycles. The highest BCUT2D eigenvalue weighted by molar-refractivity contribution is 6.22. The number of rotatable bonds is 7. The predicted octanol–water partition coefficient (Wildman–Crippen LogP) is 4.53. The van der Waals surface area contributed by atoms with Gasteiger partial charge < -0.3 is 4.74 Å². The van der Waals surface area contributed by atoms with Gasteiger partial charge in [0, 0.05) is 23.8 Å². The topological polar surface area (TPSA) is 9.23 Å². The maximum atomic E-state index is 6.19. The fourth-order valence-electron chi connectivity index (χ4n) is 1.93. The van der Waals surface area contributed by atoms with Crippen LogP contribution in [0.4, 0.5) is 0 Å². The Kier molecular flexibility index (Phi) is 6.48. The molecule has 0 atom stereocenters. The first-order chi connectivity index (χ1) is 8.54. The van der Waals surface area contributed by atoms with Crippen molar-refractivity contribution in [3.8, 4) is 0 Å². The van der Waals surface area contributed by atoms with Gasteiger partial charge in [0.1, 0.15) is 0 Å². The van der Waals surface area contributed by atoms with Gasteiger partial charge in [0.15, 0.2) is 0 Å². The van der Waals surface area contributed by atoms with Crippen molar-refractivity contribution in [2.45, 2.75) is 38.7 Å². The summed E-state index contributed by atoms with van der Waals surface area (Å²) < 4.78 is 5.64. The normalized spacial score (nSPS) is 12.1. The molecule has 0 aliphatic heterocycles. The molecule has 0 saturated heterocycles. The highest BCUT2D eigenvalue weighted by Crippen LogP contribution is 2.32. The molecule has 0 aliphatic carbocycles. The van der Waals surface area contributed by atoms with Crippen LogP contribution in [-0.4, -0.2) is 24.5 Å². The van der Waals surface area contributed by atoms with Crippen molar-refractivity contribution in [1.82, 2.24) is 0 Å². The minimum Gasteiger partial charge on any atom is -0.379 e. The average molecular weight is 289 g/mol. The summed E-state index contributed by atoms with van der Waals surface area (Å²) in [4.78, 5) is 0. The van der Waals surface area contributed by atoms with Crippen LogP contribution in [-0.2, 0) is 10.2 Å². The smallest absolute Gasteiger partial charge is 0.0518 e. The van der Waals surface area contributed by atoms with Crippen LogP contribution in [0.1, 0.15) is 31.4 Å². The molecule has 0 fully saturated rings. The first kappa shape index (κ1) is 15.8. The van der Waals surface area contributed by atoms with Crippen LogP contribution in [0.5, 0.6) is 0 Å². The number of alkyl halides is 2. The quantitative estimate of drug-likeness (QED) is 0.670. The molecule has 0 radical (unpaired) electrons. The maximum Gasteiger partial charge on any atom is 0.0518 e. The minimum atomic E-state index is -0.190. The lowest BCUT2D eigenvalue weighted by molar-refractivity contribution is 0.0677. The van der Waals surface area contributed by atoms with E-state index < -0.39 is 0 Å². The van der Waals surface area contributed by atoms with E-state index in [0.717, 1.165) is 6.42 Å². The molecule has 18 heavy (non-hydrogen) atoms. The van der Waals surface area contributed by atoms with E-state index in [1.807, 2.05) is 13.8 Å². The van der Waals surface area contributed by atoms with Gasteiger partial charge in [-0.2, -0.15) is 0 Å². The highest BCUT2D eigenvalue weighted by atomic mass is 35.5. The van der Waals surface area contributed by atoms with E-state index in [2.05, 4.69) is 31.2 Å². The summed E-state index contributed by atoms with van der Waals surface area (Å²) in [5, 5.41) is 0. The van der Waals surface area contributed by atoms with Crippen LogP contribution in [0.3, 0.4) is 0 Å². The molecule has 1 rings (SSSR count). The fourth-order valence-corrected chi connectivity index (χ4v) is 2.79. The van der Waals surface area contributed by atoms with Crippen LogP contribution < -0.4 is 0 Å². The number of benzene rings is 1. The van der Waals surface area contributed by atoms with Gasteiger partial charge in [-0.05, 0) is 32.8 Å². The summed E-state index contributed by atoms with van der Waals surface area (Å²) in [5.41, 5.74) is 2.25. The number of hydrogen-bond donors (Lipinski definition) is 0. The van der Waals surface area contributed by atoms with Crippen LogP contribution >= 0.6 is 23.2 Å². The van der Waals surface area contributed by atoms with E-state index in [0.29, 0.717) is 18.4 Å². The lowest BCUT2D eigenvalue weighted by Crippen LogP contribution is -2.32. The molecule has 0 amide bonds. The molecule has 0 unspecified atom stereocenters. The molecule has 0 aromatic heterocycles. The molecule has 0 saturated carbocycles. The summed E-state index contributed by atoms with van der Waals surface area (Å²) >= 11 is 12.4. The molecular weight excluding hydrogens is 267 g/mol. The molecule has 1 aromatic carbocycles. The SMILES string of the molecule is Cc1cccc(C(CCl)(CCl)CCOC(C)C)c1. The third-order valence-electron chi connectivity index (χ3n) is 3.17. The summed E-state index contributed by atoms with van der Waals surface area (Å²) in [5.74, 6) is 1.03. The van der Waals surface area contributed by atoms with E-state index in [1.165, 1.54) is 11.1 Å². The van der Waals surface area contributed by atoms with Gasteiger partial charge in [0.25, 0.3) is 0 Å². The third-order valence-corrected chi connectivity index (χ3v) is 4.20. The molecule has 3 heteroatoms. The van der Waals surface area contributed by atoms with Gasteiger partial charge in [-0.3, -0.25) is 0 Å². The number of hydrogen-bond acceptors (Lipinski definition) is 1. The van der Waals surface area contributed by atoms with Gasteiger partial charge >= 0.3 is 0 Å². The standard InChI is InChI=1S/C15H22Cl2O/c1-12(2)18-8-7-15(10-16,11-17)14-6-4-5-13(3)9-14/h4-6,9,12H,7-8,10-11H2,1-3H3. The first-order valence-corrected chi connectivity index (χ1v) is 7.41. The maximum absolute atomic E-state index is 6.19. The Morgan fingerprint density at radius 1 is 1.22 bits per heavy atom. The molecular formula is C15H22Cl2O. The molecule has 102 valence electrons. The number of ether oxygens (including phenoxy) is 1.